The number of rotatable bonds is 5. The van der Waals surface area contributed by atoms with E-state index in [4.69, 9.17) is 4.74 Å². The highest BCUT2D eigenvalue weighted by Crippen LogP contribution is 2.21. The summed E-state index contributed by atoms with van der Waals surface area (Å²) in [6, 6.07) is 0. The van der Waals surface area contributed by atoms with E-state index in [-0.39, 0.29) is 5.54 Å². The molecule has 0 radical (unpaired) electrons. The fraction of sp³-hybridized carbons (Fsp3) is 0.909. The molecule has 0 aromatic heterocycles. The van der Waals surface area contributed by atoms with Crippen LogP contribution in [0.2, 0.25) is 0 Å². The first-order valence-corrected chi connectivity index (χ1v) is 6.66. The molecule has 0 amide bonds. The summed E-state index contributed by atoms with van der Waals surface area (Å²) in [5, 5.41) is 4.56. The lowest BCUT2D eigenvalue weighted by molar-refractivity contribution is 0.146. The largest absolute Gasteiger partial charge is 0.382 e. The Balaban J connectivity index is 2.21. The maximum atomic E-state index is 5.27. The summed E-state index contributed by atoms with van der Waals surface area (Å²) in [5.74, 6) is 1.17. The average Bonchev–Trinajstić information content (AvgIpc) is 2.16. The monoisotopic (exact) mass is 230 g/mol. The fourth-order valence-electron chi connectivity index (χ4n) is 1.37. The molecule has 1 fully saturated rings. The van der Waals surface area contributed by atoms with Crippen molar-refractivity contribution in [2.24, 2.45) is 4.99 Å². The van der Waals surface area contributed by atoms with Crippen LogP contribution in [0.25, 0.3) is 0 Å². The predicted octanol–water partition coefficient (Wildman–Crippen LogP) is 2.27. The fourth-order valence-corrected chi connectivity index (χ4v) is 2.70. The van der Waals surface area contributed by atoms with Gasteiger partial charge in [-0.3, -0.25) is 4.99 Å². The number of ether oxygens (including phenoxy) is 1. The molecule has 0 aromatic carbocycles. The van der Waals surface area contributed by atoms with Crippen molar-refractivity contribution >= 4 is 16.9 Å². The van der Waals surface area contributed by atoms with Gasteiger partial charge in [-0.05, 0) is 33.6 Å². The van der Waals surface area contributed by atoms with Crippen LogP contribution >= 0.6 is 11.8 Å². The maximum Gasteiger partial charge on any atom is 0.156 e. The van der Waals surface area contributed by atoms with Gasteiger partial charge in [0.1, 0.15) is 0 Å². The highest BCUT2D eigenvalue weighted by molar-refractivity contribution is 8.13. The topological polar surface area (TPSA) is 33.6 Å². The lowest BCUT2D eigenvalue weighted by Gasteiger charge is -2.32. The van der Waals surface area contributed by atoms with Gasteiger partial charge >= 0.3 is 0 Å². The van der Waals surface area contributed by atoms with Crippen molar-refractivity contribution in [3.05, 3.63) is 0 Å². The van der Waals surface area contributed by atoms with Gasteiger partial charge in [0.25, 0.3) is 0 Å². The number of hydrogen-bond acceptors (Lipinski definition) is 3. The number of nitrogens with one attached hydrogen (secondary N) is 1. The van der Waals surface area contributed by atoms with E-state index in [9.17, 15) is 0 Å². The van der Waals surface area contributed by atoms with Crippen molar-refractivity contribution in [3.63, 3.8) is 0 Å². The lowest BCUT2D eigenvalue weighted by atomic mass is 10.0. The molecule has 0 aromatic rings. The Morgan fingerprint density at radius 2 is 2.33 bits per heavy atom. The molecule has 1 rings (SSSR count). The second-order valence-corrected chi connectivity index (χ2v) is 5.43. The van der Waals surface area contributed by atoms with Gasteiger partial charge in [-0.2, -0.15) is 0 Å². The maximum absolute atomic E-state index is 5.27. The van der Waals surface area contributed by atoms with Gasteiger partial charge in [-0.25, -0.2) is 0 Å². The SMILES string of the molecule is CCOCCCN=C1NC(C)(C)CCS1. The molecule has 1 N–H and O–H groups in total. The Morgan fingerprint density at radius 1 is 1.53 bits per heavy atom. The van der Waals surface area contributed by atoms with Crippen LogP contribution in [0.3, 0.4) is 0 Å². The summed E-state index contributed by atoms with van der Waals surface area (Å²) >= 11 is 1.83. The third-order valence-electron chi connectivity index (χ3n) is 2.32. The van der Waals surface area contributed by atoms with Crippen molar-refractivity contribution in [2.75, 3.05) is 25.5 Å². The highest BCUT2D eigenvalue weighted by Gasteiger charge is 2.23. The number of nitrogens with zero attached hydrogens (tertiary/aromatic N) is 1. The smallest absolute Gasteiger partial charge is 0.156 e. The van der Waals surface area contributed by atoms with E-state index < -0.39 is 0 Å². The number of aliphatic imine (C=N–C) groups is 1. The first kappa shape index (κ1) is 12.8. The summed E-state index contributed by atoms with van der Waals surface area (Å²) in [7, 11) is 0. The van der Waals surface area contributed by atoms with E-state index in [0.717, 1.165) is 31.3 Å². The minimum absolute atomic E-state index is 0.212. The zero-order valence-electron chi connectivity index (χ0n) is 10.0. The molecule has 0 atom stereocenters. The molecule has 4 heteroatoms. The third-order valence-corrected chi connectivity index (χ3v) is 3.23. The van der Waals surface area contributed by atoms with Crippen molar-refractivity contribution in [2.45, 2.75) is 39.2 Å². The Kier molecular flexibility index (Phi) is 5.47. The number of amidine groups is 1. The van der Waals surface area contributed by atoms with Crippen molar-refractivity contribution in [1.29, 1.82) is 0 Å². The summed E-state index contributed by atoms with van der Waals surface area (Å²) in [5.41, 5.74) is 0.212. The molecule has 0 saturated carbocycles. The Bertz CT molecular complexity index is 217. The second-order valence-electron chi connectivity index (χ2n) is 4.34. The van der Waals surface area contributed by atoms with Crippen LogP contribution < -0.4 is 5.32 Å². The van der Waals surface area contributed by atoms with Gasteiger partial charge in [-0.1, -0.05) is 11.8 Å². The molecular formula is C11H22N2OS. The van der Waals surface area contributed by atoms with Gasteiger partial charge in [0.05, 0.1) is 0 Å². The van der Waals surface area contributed by atoms with Crippen LogP contribution in [0.15, 0.2) is 4.99 Å². The molecule has 1 aliphatic rings. The number of thioether (sulfide) groups is 1. The van der Waals surface area contributed by atoms with E-state index in [1.807, 2.05) is 18.7 Å². The standard InChI is InChI=1S/C11H22N2OS/c1-4-14-8-5-7-12-10-13-11(2,3)6-9-15-10/h4-9H2,1-3H3,(H,12,13). The van der Waals surface area contributed by atoms with Crippen LogP contribution in [0.5, 0.6) is 0 Å². The van der Waals surface area contributed by atoms with E-state index in [1.165, 1.54) is 12.2 Å². The van der Waals surface area contributed by atoms with Gasteiger partial charge in [0.15, 0.2) is 5.17 Å². The normalized spacial score (nSPS) is 22.7. The van der Waals surface area contributed by atoms with Gasteiger partial charge < -0.3 is 10.1 Å². The van der Waals surface area contributed by atoms with E-state index in [1.54, 1.807) is 0 Å². The highest BCUT2D eigenvalue weighted by atomic mass is 32.2. The lowest BCUT2D eigenvalue weighted by Crippen LogP contribution is -2.46. The number of hydrogen-bond donors (Lipinski definition) is 1. The van der Waals surface area contributed by atoms with E-state index in [0.29, 0.717) is 0 Å². The molecule has 15 heavy (non-hydrogen) atoms. The molecule has 1 heterocycles. The zero-order valence-corrected chi connectivity index (χ0v) is 10.8. The van der Waals surface area contributed by atoms with Crippen molar-refractivity contribution in [1.82, 2.24) is 5.32 Å². The van der Waals surface area contributed by atoms with Crippen molar-refractivity contribution in [3.8, 4) is 0 Å². The van der Waals surface area contributed by atoms with Crippen LogP contribution in [0.1, 0.15) is 33.6 Å². The molecule has 88 valence electrons. The van der Waals surface area contributed by atoms with Crippen molar-refractivity contribution < 1.29 is 4.74 Å². The Hall–Kier alpha value is -0.220. The predicted molar refractivity (Wildman–Crippen MR) is 67.7 cm³/mol. The average molecular weight is 230 g/mol. The summed E-state index contributed by atoms with van der Waals surface area (Å²) in [4.78, 5) is 4.54. The first-order valence-electron chi connectivity index (χ1n) is 5.67. The van der Waals surface area contributed by atoms with Crippen LogP contribution in [-0.4, -0.2) is 36.2 Å². The van der Waals surface area contributed by atoms with E-state index in [2.05, 4.69) is 24.2 Å². The molecule has 1 saturated heterocycles. The molecule has 1 aliphatic heterocycles. The second kappa shape index (κ2) is 6.38. The first-order chi connectivity index (χ1) is 7.14. The summed E-state index contributed by atoms with van der Waals surface area (Å²) in [6.45, 7) is 8.96. The quantitative estimate of drug-likeness (QED) is 0.736. The van der Waals surface area contributed by atoms with E-state index >= 15 is 0 Å². The minimum Gasteiger partial charge on any atom is -0.382 e. The Morgan fingerprint density at radius 3 is 3.00 bits per heavy atom. The molecule has 0 spiro atoms. The molecule has 0 unspecified atom stereocenters. The Labute approximate surface area is 97.1 Å². The molecule has 0 bridgehead atoms. The zero-order chi connectivity index (χ0) is 11.1. The minimum atomic E-state index is 0.212. The summed E-state index contributed by atoms with van der Waals surface area (Å²) in [6.07, 6.45) is 2.22. The van der Waals surface area contributed by atoms with Crippen LogP contribution in [0.4, 0.5) is 0 Å². The van der Waals surface area contributed by atoms with Gasteiger partial charge in [0.2, 0.25) is 0 Å². The van der Waals surface area contributed by atoms with Crippen LogP contribution in [0, 0.1) is 0 Å². The van der Waals surface area contributed by atoms with Gasteiger partial charge in [-0.15, -0.1) is 0 Å². The molecule has 0 aliphatic carbocycles. The molecular weight excluding hydrogens is 208 g/mol. The van der Waals surface area contributed by atoms with Crippen LogP contribution in [-0.2, 0) is 4.74 Å². The third kappa shape index (κ3) is 5.42. The van der Waals surface area contributed by atoms with Gasteiger partial charge in [0, 0.05) is 31.1 Å². The molecule has 3 nitrogen and oxygen atoms in total. The summed E-state index contributed by atoms with van der Waals surface area (Å²) < 4.78 is 5.27.